The molecular weight excluding hydrogens is 210 g/mol. The fourth-order valence-corrected chi connectivity index (χ4v) is 1.32. The first-order valence-corrected chi connectivity index (χ1v) is 5.63. The van der Waals surface area contributed by atoms with E-state index in [2.05, 4.69) is 5.32 Å². The summed E-state index contributed by atoms with van der Waals surface area (Å²) in [5.74, 6) is 0.0292. The quantitative estimate of drug-likeness (QED) is 0.556. The summed E-state index contributed by atoms with van der Waals surface area (Å²) in [6, 6.07) is 0. The molecule has 0 heterocycles. The number of carbonyl (C=O) groups is 1. The average Bonchev–Trinajstić information content (AvgIpc) is 2.18. The van der Waals surface area contributed by atoms with Crippen molar-refractivity contribution in [2.75, 3.05) is 33.4 Å². The number of methoxy groups -OCH3 is 1. The fourth-order valence-electron chi connectivity index (χ4n) is 1.32. The van der Waals surface area contributed by atoms with Crippen molar-refractivity contribution in [3.8, 4) is 0 Å². The van der Waals surface area contributed by atoms with Gasteiger partial charge in [0.25, 0.3) is 0 Å². The molecule has 0 rings (SSSR count). The minimum atomic E-state index is -0.686. The maximum absolute atomic E-state index is 11.0. The van der Waals surface area contributed by atoms with Crippen LogP contribution in [0.15, 0.2) is 0 Å². The van der Waals surface area contributed by atoms with Gasteiger partial charge in [-0.1, -0.05) is 6.92 Å². The molecule has 2 N–H and O–H groups in total. The summed E-state index contributed by atoms with van der Waals surface area (Å²) in [6.07, 6.45) is -0.645. The Balaban J connectivity index is 3.49. The summed E-state index contributed by atoms with van der Waals surface area (Å²) in [6.45, 7) is 5.98. The summed E-state index contributed by atoms with van der Waals surface area (Å²) in [5, 5.41) is 12.6. The van der Waals surface area contributed by atoms with Gasteiger partial charge in [-0.2, -0.15) is 0 Å². The number of esters is 1. The molecule has 16 heavy (non-hydrogen) atoms. The second-order valence-electron chi connectivity index (χ2n) is 3.88. The van der Waals surface area contributed by atoms with Gasteiger partial charge in [0.05, 0.1) is 19.1 Å². The predicted molar refractivity (Wildman–Crippen MR) is 61.2 cm³/mol. The Morgan fingerprint density at radius 2 is 2.12 bits per heavy atom. The van der Waals surface area contributed by atoms with Crippen molar-refractivity contribution in [1.82, 2.24) is 5.32 Å². The summed E-state index contributed by atoms with van der Waals surface area (Å²) in [4.78, 5) is 11.0. The van der Waals surface area contributed by atoms with E-state index in [0.717, 1.165) is 6.54 Å². The van der Waals surface area contributed by atoms with Gasteiger partial charge in [0.1, 0.15) is 0 Å². The van der Waals surface area contributed by atoms with Crippen LogP contribution in [0.25, 0.3) is 0 Å². The first-order valence-electron chi connectivity index (χ1n) is 5.63. The molecule has 0 amide bonds. The molecule has 0 spiro atoms. The van der Waals surface area contributed by atoms with Gasteiger partial charge in [-0.3, -0.25) is 4.79 Å². The molecular formula is C11H23NO4. The van der Waals surface area contributed by atoms with E-state index < -0.39 is 6.10 Å². The van der Waals surface area contributed by atoms with Crippen molar-refractivity contribution in [3.63, 3.8) is 0 Å². The second-order valence-corrected chi connectivity index (χ2v) is 3.88. The highest BCUT2D eigenvalue weighted by Gasteiger charge is 2.11. The van der Waals surface area contributed by atoms with E-state index in [1.54, 1.807) is 14.0 Å². The highest BCUT2D eigenvalue weighted by atomic mass is 16.5. The van der Waals surface area contributed by atoms with Gasteiger partial charge in [0.15, 0.2) is 0 Å². The van der Waals surface area contributed by atoms with E-state index in [9.17, 15) is 9.90 Å². The number of ether oxygens (including phenoxy) is 2. The van der Waals surface area contributed by atoms with E-state index in [1.807, 2.05) is 6.92 Å². The molecule has 0 aromatic rings. The lowest BCUT2D eigenvalue weighted by atomic mass is 10.2. The zero-order valence-electron chi connectivity index (χ0n) is 10.4. The standard InChI is InChI=1S/C11H23NO4/c1-4-16-11(14)5-10(13)7-12-6-9(2)8-15-3/h9-10,12-13H,4-8H2,1-3H3. The van der Waals surface area contributed by atoms with E-state index in [1.165, 1.54) is 0 Å². The van der Waals surface area contributed by atoms with Crippen molar-refractivity contribution in [3.05, 3.63) is 0 Å². The van der Waals surface area contributed by atoms with Crippen molar-refractivity contribution < 1.29 is 19.4 Å². The minimum Gasteiger partial charge on any atom is -0.466 e. The molecule has 5 nitrogen and oxygen atoms in total. The molecule has 0 saturated carbocycles. The summed E-state index contributed by atoms with van der Waals surface area (Å²) < 4.78 is 9.71. The van der Waals surface area contributed by atoms with Crippen LogP contribution in [0.2, 0.25) is 0 Å². The number of hydrogen-bond acceptors (Lipinski definition) is 5. The number of carbonyl (C=O) groups excluding carboxylic acids is 1. The van der Waals surface area contributed by atoms with E-state index >= 15 is 0 Å². The number of hydrogen-bond donors (Lipinski definition) is 2. The third kappa shape index (κ3) is 8.64. The molecule has 2 unspecified atom stereocenters. The topological polar surface area (TPSA) is 67.8 Å². The first-order chi connectivity index (χ1) is 7.60. The first kappa shape index (κ1) is 15.3. The fraction of sp³-hybridized carbons (Fsp3) is 0.909. The van der Waals surface area contributed by atoms with Crippen LogP contribution < -0.4 is 5.32 Å². The number of aliphatic hydroxyl groups is 1. The second kappa shape index (κ2) is 9.57. The maximum atomic E-state index is 11.0. The van der Waals surface area contributed by atoms with E-state index in [0.29, 0.717) is 25.7 Å². The van der Waals surface area contributed by atoms with Crippen LogP contribution >= 0.6 is 0 Å². The van der Waals surface area contributed by atoms with Gasteiger partial charge in [-0.15, -0.1) is 0 Å². The van der Waals surface area contributed by atoms with Crippen LogP contribution in [-0.2, 0) is 14.3 Å². The molecule has 0 fully saturated rings. The van der Waals surface area contributed by atoms with Crippen molar-refractivity contribution in [2.24, 2.45) is 5.92 Å². The maximum Gasteiger partial charge on any atom is 0.308 e. The summed E-state index contributed by atoms with van der Waals surface area (Å²) in [5.41, 5.74) is 0. The Kier molecular flexibility index (Phi) is 9.18. The molecule has 0 bridgehead atoms. The zero-order chi connectivity index (χ0) is 12.4. The molecule has 2 atom stereocenters. The third-order valence-electron chi connectivity index (χ3n) is 2.03. The molecule has 0 aliphatic heterocycles. The Bertz CT molecular complexity index is 187. The number of rotatable bonds is 9. The SMILES string of the molecule is CCOC(=O)CC(O)CNCC(C)COC. The molecule has 5 heteroatoms. The van der Waals surface area contributed by atoms with Gasteiger partial charge in [-0.25, -0.2) is 0 Å². The Labute approximate surface area is 97.1 Å². The van der Waals surface area contributed by atoms with Crippen LogP contribution in [0.4, 0.5) is 0 Å². The normalized spacial score (nSPS) is 14.5. The number of nitrogens with one attached hydrogen (secondary N) is 1. The largest absolute Gasteiger partial charge is 0.466 e. The van der Waals surface area contributed by atoms with Gasteiger partial charge >= 0.3 is 5.97 Å². The molecule has 0 radical (unpaired) electrons. The Morgan fingerprint density at radius 1 is 1.44 bits per heavy atom. The third-order valence-corrected chi connectivity index (χ3v) is 2.03. The van der Waals surface area contributed by atoms with Crippen molar-refractivity contribution in [1.29, 1.82) is 0 Å². The predicted octanol–water partition coefficient (Wildman–Crippen LogP) is 0.173. The van der Waals surface area contributed by atoms with E-state index in [-0.39, 0.29) is 12.4 Å². The van der Waals surface area contributed by atoms with Gasteiger partial charge in [0.2, 0.25) is 0 Å². The van der Waals surface area contributed by atoms with Gasteiger partial charge in [0, 0.05) is 20.3 Å². The summed E-state index contributed by atoms with van der Waals surface area (Å²) >= 11 is 0. The monoisotopic (exact) mass is 233 g/mol. The minimum absolute atomic E-state index is 0.0412. The van der Waals surface area contributed by atoms with Gasteiger partial charge in [-0.05, 0) is 19.4 Å². The van der Waals surface area contributed by atoms with Crippen LogP contribution in [0.5, 0.6) is 0 Å². The van der Waals surface area contributed by atoms with Gasteiger partial charge < -0.3 is 19.9 Å². The van der Waals surface area contributed by atoms with Crippen LogP contribution in [0.1, 0.15) is 20.3 Å². The Hall–Kier alpha value is -0.650. The number of aliphatic hydroxyl groups excluding tert-OH is 1. The lowest BCUT2D eigenvalue weighted by Gasteiger charge is -2.14. The highest BCUT2D eigenvalue weighted by Crippen LogP contribution is 1.96. The molecule has 0 aromatic carbocycles. The van der Waals surface area contributed by atoms with Crippen molar-refractivity contribution in [2.45, 2.75) is 26.4 Å². The zero-order valence-corrected chi connectivity index (χ0v) is 10.4. The van der Waals surface area contributed by atoms with E-state index in [4.69, 9.17) is 9.47 Å². The molecule has 0 saturated heterocycles. The smallest absolute Gasteiger partial charge is 0.308 e. The molecule has 0 aromatic heterocycles. The lowest BCUT2D eigenvalue weighted by molar-refractivity contribution is -0.145. The Morgan fingerprint density at radius 3 is 2.69 bits per heavy atom. The van der Waals surface area contributed by atoms with Crippen LogP contribution in [-0.4, -0.2) is 50.6 Å². The molecule has 0 aliphatic carbocycles. The van der Waals surface area contributed by atoms with Crippen molar-refractivity contribution >= 4 is 5.97 Å². The lowest BCUT2D eigenvalue weighted by Crippen LogP contribution is -2.33. The summed E-state index contributed by atoms with van der Waals surface area (Å²) in [7, 11) is 1.66. The molecule has 0 aliphatic rings. The highest BCUT2D eigenvalue weighted by molar-refractivity contribution is 5.69. The average molecular weight is 233 g/mol. The molecule has 96 valence electrons. The van der Waals surface area contributed by atoms with Crippen LogP contribution in [0, 0.1) is 5.92 Å². The van der Waals surface area contributed by atoms with Crippen LogP contribution in [0.3, 0.4) is 0 Å².